The number of nitrogens with zero attached hydrogens (tertiary/aromatic N) is 4. The van der Waals surface area contributed by atoms with Crippen LogP contribution in [0.4, 0.5) is 11.5 Å². The summed E-state index contributed by atoms with van der Waals surface area (Å²) in [6.07, 6.45) is 4.36. The third-order valence-electron chi connectivity index (χ3n) is 4.75. The van der Waals surface area contributed by atoms with E-state index in [0.717, 1.165) is 34.6 Å². The van der Waals surface area contributed by atoms with Gasteiger partial charge in [-0.15, -0.1) is 0 Å². The number of rotatable bonds is 4. The largest absolute Gasteiger partial charge is 0.339 e. The van der Waals surface area contributed by atoms with Gasteiger partial charge in [0.05, 0.1) is 17.3 Å². The quantitative estimate of drug-likeness (QED) is 0.581. The molecule has 5 heteroatoms. The minimum Gasteiger partial charge on any atom is -0.339 e. The van der Waals surface area contributed by atoms with Gasteiger partial charge in [-0.2, -0.15) is 5.10 Å². The molecule has 2 aromatic heterocycles. The zero-order valence-corrected chi connectivity index (χ0v) is 15.2. The lowest BCUT2D eigenvalue weighted by Gasteiger charge is -2.11. The molecule has 1 N–H and O–H groups in total. The van der Waals surface area contributed by atoms with Crippen LogP contribution in [0.5, 0.6) is 0 Å². The SMILES string of the molecule is CCc1ccccc1Nc1ncnc2c1cnn2-c1ccc(C)c(C)c1. The Morgan fingerprint density at radius 3 is 2.65 bits per heavy atom. The molecule has 0 saturated carbocycles. The van der Waals surface area contributed by atoms with E-state index in [1.165, 1.54) is 16.7 Å². The van der Waals surface area contributed by atoms with Crippen molar-refractivity contribution in [3.63, 3.8) is 0 Å². The molecule has 0 fully saturated rings. The summed E-state index contributed by atoms with van der Waals surface area (Å²) < 4.78 is 1.86. The van der Waals surface area contributed by atoms with Crippen molar-refractivity contribution in [2.45, 2.75) is 27.2 Å². The Hall–Kier alpha value is -3.21. The van der Waals surface area contributed by atoms with Gasteiger partial charge in [0.1, 0.15) is 12.1 Å². The summed E-state index contributed by atoms with van der Waals surface area (Å²) in [6.45, 7) is 6.36. The van der Waals surface area contributed by atoms with Crippen LogP contribution in [0.15, 0.2) is 55.0 Å². The zero-order valence-electron chi connectivity index (χ0n) is 15.2. The highest BCUT2D eigenvalue weighted by Crippen LogP contribution is 2.26. The third kappa shape index (κ3) is 2.81. The van der Waals surface area contributed by atoms with E-state index in [0.29, 0.717) is 0 Å². The van der Waals surface area contributed by atoms with Crippen LogP contribution in [0, 0.1) is 13.8 Å². The van der Waals surface area contributed by atoms with Gasteiger partial charge >= 0.3 is 0 Å². The molecule has 5 nitrogen and oxygen atoms in total. The van der Waals surface area contributed by atoms with Crippen molar-refractivity contribution < 1.29 is 0 Å². The number of fused-ring (bicyclic) bond motifs is 1. The average Bonchev–Trinajstić information content (AvgIpc) is 3.10. The molecule has 0 bridgehead atoms. The Labute approximate surface area is 152 Å². The second-order valence-corrected chi connectivity index (χ2v) is 6.42. The van der Waals surface area contributed by atoms with Crippen LogP contribution in [-0.4, -0.2) is 19.7 Å². The van der Waals surface area contributed by atoms with Gasteiger partial charge in [0, 0.05) is 5.69 Å². The van der Waals surface area contributed by atoms with Gasteiger partial charge < -0.3 is 5.32 Å². The molecule has 26 heavy (non-hydrogen) atoms. The van der Waals surface area contributed by atoms with Crippen LogP contribution >= 0.6 is 0 Å². The molecule has 0 amide bonds. The lowest BCUT2D eigenvalue weighted by molar-refractivity contribution is 0.893. The highest BCUT2D eigenvalue weighted by molar-refractivity contribution is 5.89. The molecule has 130 valence electrons. The first-order chi connectivity index (χ1) is 12.7. The van der Waals surface area contributed by atoms with Crippen molar-refractivity contribution in [2.75, 3.05) is 5.32 Å². The minimum atomic E-state index is 0.769. The number of aromatic nitrogens is 4. The van der Waals surface area contributed by atoms with Gasteiger partial charge in [-0.25, -0.2) is 14.6 Å². The number of hydrogen-bond acceptors (Lipinski definition) is 4. The third-order valence-corrected chi connectivity index (χ3v) is 4.75. The molecule has 4 rings (SSSR count). The molecule has 0 radical (unpaired) electrons. The molecule has 0 spiro atoms. The summed E-state index contributed by atoms with van der Waals surface area (Å²) in [5, 5.41) is 8.90. The van der Waals surface area contributed by atoms with Gasteiger partial charge in [0.2, 0.25) is 0 Å². The Morgan fingerprint density at radius 2 is 1.85 bits per heavy atom. The molecule has 0 aliphatic heterocycles. The van der Waals surface area contributed by atoms with Crippen molar-refractivity contribution >= 4 is 22.5 Å². The fourth-order valence-corrected chi connectivity index (χ4v) is 3.07. The monoisotopic (exact) mass is 343 g/mol. The number of para-hydroxylation sites is 1. The minimum absolute atomic E-state index is 0.769. The van der Waals surface area contributed by atoms with Crippen molar-refractivity contribution in [3.8, 4) is 5.69 Å². The van der Waals surface area contributed by atoms with Gasteiger partial charge in [-0.05, 0) is 55.2 Å². The van der Waals surface area contributed by atoms with Crippen LogP contribution in [0.1, 0.15) is 23.6 Å². The van der Waals surface area contributed by atoms with Crippen LogP contribution in [0.3, 0.4) is 0 Å². The molecule has 0 aliphatic carbocycles. The Kier molecular flexibility index (Phi) is 4.13. The number of anilines is 2. The van der Waals surface area contributed by atoms with E-state index in [-0.39, 0.29) is 0 Å². The first-order valence-corrected chi connectivity index (χ1v) is 8.78. The predicted octanol–water partition coefficient (Wildman–Crippen LogP) is 4.74. The van der Waals surface area contributed by atoms with E-state index in [4.69, 9.17) is 0 Å². The zero-order chi connectivity index (χ0) is 18.1. The van der Waals surface area contributed by atoms with Crippen LogP contribution in [-0.2, 0) is 6.42 Å². The van der Waals surface area contributed by atoms with E-state index in [2.05, 4.69) is 77.6 Å². The van der Waals surface area contributed by atoms with Gasteiger partial charge in [-0.3, -0.25) is 0 Å². The van der Waals surface area contributed by atoms with Crippen molar-refractivity contribution in [3.05, 3.63) is 71.7 Å². The highest BCUT2D eigenvalue weighted by Gasteiger charge is 2.12. The van der Waals surface area contributed by atoms with E-state index >= 15 is 0 Å². The van der Waals surface area contributed by atoms with Crippen molar-refractivity contribution in [1.82, 2.24) is 19.7 Å². The maximum absolute atomic E-state index is 4.56. The molecular formula is C21H21N5. The van der Waals surface area contributed by atoms with Gasteiger partial charge in [0.25, 0.3) is 0 Å². The van der Waals surface area contributed by atoms with Crippen LogP contribution in [0.2, 0.25) is 0 Å². The second kappa shape index (κ2) is 6.59. The Bertz CT molecular complexity index is 1080. The summed E-state index contributed by atoms with van der Waals surface area (Å²) in [5.41, 5.74) is 6.60. The Balaban J connectivity index is 1.79. The lowest BCUT2D eigenvalue weighted by atomic mass is 10.1. The maximum Gasteiger partial charge on any atom is 0.168 e. The van der Waals surface area contributed by atoms with Crippen LogP contribution in [0.25, 0.3) is 16.7 Å². The van der Waals surface area contributed by atoms with E-state index in [1.807, 2.05) is 16.9 Å². The van der Waals surface area contributed by atoms with Crippen molar-refractivity contribution in [2.24, 2.45) is 0 Å². The van der Waals surface area contributed by atoms with E-state index in [1.54, 1.807) is 6.33 Å². The number of nitrogens with one attached hydrogen (secondary N) is 1. The molecule has 0 unspecified atom stereocenters. The molecule has 2 aromatic carbocycles. The summed E-state index contributed by atoms with van der Waals surface area (Å²) in [4.78, 5) is 8.90. The molecular weight excluding hydrogens is 322 g/mol. The Morgan fingerprint density at radius 1 is 1.00 bits per heavy atom. The normalized spacial score (nSPS) is 11.0. The first-order valence-electron chi connectivity index (χ1n) is 8.78. The molecule has 0 saturated heterocycles. The smallest absolute Gasteiger partial charge is 0.168 e. The molecule has 2 heterocycles. The number of benzene rings is 2. The van der Waals surface area contributed by atoms with Gasteiger partial charge in [-0.1, -0.05) is 31.2 Å². The van der Waals surface area contributed by atoms with Crippen LogP contribution < -0.4 is 5.32 Å². The summed E-state index contributed by atoms with van der Waals surface area (Å²) in [7, 11) is 0. The fraction of sp³-hybridized carbons (Fsp3) is 0.190. The summed E-state index contributed by atoms with van der Waals surface area (Å²) >= 11 is 0. The number of hydrogen-bond donors (Lipinski definition) is 1. The van der Waals surface area contributed by atoms with Gasteiger partial charge in [0.15, 0.2) is 5.65 Å². The predicted molar refractivity (Wildman–Crippen MR) is 105 cm³/mol. The fourth-order valence-electron chi connectivity index (χ4n) is 3.07. The number of aryl methyl sites for hydroxylation is 3. The lowest BCUT2D eigenvalue weighted by Crippen LogP contribution is -2.01. The van der Waals surface area contributed by atoms with E-state index < -0.39 is 0 Å². The van der Waals surface area contributed by atoms with E-state index in [9.17, 15) is 0 Å². The summed E-state index contributed by atoms with van der Waals surface area (Å²) in [6, 6.07) is 14.6. The first kappa shape index (κ1) is 16.3. The standard InChI is InChI=1S/C21H21N5/c1-4-16-7-5-6-8-19(16)25-20-18-12-24-26(21(18)23-13-22-20)17-10-9-14(2)15(3)11-17/h5-13H,4H2,1-3H3,(H,22,23,25). The highest BCUT2D eigenvalue weighted by atomic mass is 15.3. The molecule has 0 atom stereocenters. The molecule has 4 aromatic rings. The second-order valence-electron chi connectivity index (χ2n) is 6.42. The topological polar surface area (TPSA) is 55.6 Å². The average molecular weight is 343 g/mol. The molecule has 0 aliphatic rings. The van der Waals surface area contributed by atoms with Crippen molar-refractivity contribution in [1.29, 1.82) is 0 Å². The summed E-state index contributed by atoms with van der Waals surface area (Å²) in [5.74, 6) is 0.769. The maximum atomic E-state index is 4.56.